The van der Waals surface area contributed by atoms with E-state index in [1.165, 1.54) is 23.1 Å². The molecular formula is C11H14ClN3O4S. The number of hydrogen-bond donors (Lipinski definition) is 2. The molecule has 0 aromatic heterocycles. The summed E-state index contributed by atoms with van der Waals surface area (Å²) < 4.78 is 23.5. The molecule has 7 nitrogen and oxygen atoms in total. The summed E-state index contributed by atoms with van der Waals surface area (Å²) in [6.45, 7) is 0.842. The highest BCUT2D eigenvalue weighted by atomic mass is 35.5. The third-order valence-corrected chi connectivity index (χ3v) is 4.47. The number of nitrogens with two attached hydrogens (primary N) is 1. The Balaban J connectivity index is 2.07. The van der Waals surface area contributed by atoms with Gasteiger partial charge in [-0.05, 0) is 18.2 Å². The third-order valence-electron chi connectivity index (χ3n) is 3.08. The van der Waals surface area contributed by atoms with Crippen LogP contribution in [-0.2, 0) is 10.2 Å². The van der Waals surface area contributed by atoms with Gasteiger partial charge in [0.15, 0.2) is 0 Å². The quantitative estimate of drug-likeness (QED) is 0.801. The zero-order chi connectivity index (χ0) is 14.9. The molecule has 9 heteroatoms. The Morgan fingerprint density at radius 3 is 2.35 bits per heavy atom. The highest BCUT2D eigenvalue weighted by Crippen LogP contribution is 2.24. The van der Waals surface area contributed by atoms with Crippen LogP contribution in [0.3, 0.4) is 0 Å². The Hall–Kier alpha value is -1.35. The Morgan fingerprint density at radius 2 is 1.85 bits per heavy atom. The highest BCUT2D eigenvalue weighted by Gasteiger charge is 2.27. The van der Waals surface area contributed by atoms with E-state index >= 15 is 0 Å². The van der Waals surface area contributed by atoms with Gasteiger partial charge in [-0.2, -0.15) is 12.7 Å². The molecule has 0 bridgehead atoms. The summed E-state index contributed by atoms with van der Waals surface area (Å²) in [5.74, 6) is -0.358. The molecule has 1 amide bonds. The number of aromatic hydroxyl groups is 1. The SMILES string of the molecule is NS(=O)(=O)N1CCN(C(=O)c2ccc(O)c(Cl)c2)CC1. The summed E-state index contributed by atoms with van der Waals surface area (Å²) >= 11 is 5.76. The highest BCUT2D eigenvalue weighted by molar-refractivity contribution is 7.86. The number of hydrogen-bond acceptors (Lipinski definition) is 4. The van der Waals surface area contributed by atoms with Gasteiger partial charge in [0, 0.05) is 31.7 Å². The number of rotatable bonds is 2. The normalized spacial score (nSPS) is 17.2. The van der Waals surface area contributed by atoms with Gasteiger partial charge >= 0.3 is 0 Å². The van der Waals surface area contributed by atoms with E-state index in [1.807, 2.05) is 0 Å². The molecule has 1 aromatic rings. The second kappa shape index (κ2) is 5.57. The van der Waals surface area contributed by atoms with Gasteiger partial charge in [0.05, 0.1) is 5.02 Å². The van der Waals surface area contributed by atoms with Gasteiger partial charge in [0.2, 0.25) is 0 Å². The van der Waals surface area contributed by atoms with E-state index in [2.05, 4.69) is 0 Å². The molecule has 0 saturated carbocycles. The number of benzene rings is 1. The molecule has 1 heterocycles. The summed E-state index contributed by atoms with van der Waals surface area (Å²) in [6, 6.07) is 4.19. The maximum atomic E-state index is 12.2. The van der Waals surface area contributed by atoms with Gasteiger partial charge in [-0.15, -0.1) is 0 Å². The molecule has 1 aliphatic heterocycles. The van der Waals surface area contributed by atoms with Crippen molar-refractivity contribution in [1.82, 2.24) is 9.21 Å². The van der Waals surface area contributed by atoms with Gasteiger partial charge in [0.1, 0.15) is 5.75 Å². The summed E-state index contributed by atoms with van der Waals surface area (Å²) in [5, 5.41) is 14.4. The molecule has 1 aliphatic rings. The van der Waals surface area contributed by atoms with Crippen LogP contribution >= 0.6 is 11.6 Å². The first-order valence-corrected chi connectivity index (χ1v) is 7.73. The second-order valence-corrected chi connectivity index (χ2v) is 6.36. The van der Waals surface area contributed by atoms with Crippen molar-refractivity contribution in [3.05, 3.63) is 28.8 Å². The van der Waals surface area contributed by atoms with Crippen LogP contribution in [0.5, 0.6) is 5.75 Å². The van der Waals surface area contributed by atoms with Gasteiger partial charge in [0.25, 0.3) is 16.1 Å². The molecule has 0 atom stereocenters. The van der Waals surface area contributed by atoms with Crippen molar-refractivity contribution in [2.75, 3.05) is 26.2 Å². The lowest BCUT2D eigenvalue weighted by Gasteiger charge is -2.33. The zero-order valence-electron chi connectivity index (χ0n) is 10.5. The monoisotopic (exact) mass is 319 g/mol. The van der Waals surface area contributed by atoms with Crippen LogP contribution in [0.4, 0.5) is 0 Å². The van der Waals surface area contributed by atoms with Crippen molar-refractivity contribution in [2.24, 2.45) is 5.14 Å². The second-order valence-electron chi connectivity index (χ2n) is 4.40. The average molecular weight is 320 g/mol. The van der Waals surface area contributed by atoms with Gasteiger partial charge in [-0.25, -0.2) is 5.14 Å². The third kappa shape index (κ3) is 3.21. The Morgan fingerprint density at radius 1 is 1.25 bits per heavy atom. The van der Waals surface area contributed by atoms with Crippen LogP contribution in [0.1, 0.15) is 10.4 Å². The van der Waals surface area contributed by atoms with Crippen molar-refractivity contribution in [3.63, 3.8) is 0 Å². The van der Waals surface area contributed by atoms with Crippen LogP contribution in [-0.4, -0.2) is 54.8 Å². The Labute approximate surface area is 121 Å². The molecule has 3 N–H and O–H groups in total. The Kier molecular flexibility index (Phi) is 4.19. The molecule has 110 valence electrons. The van der Waals surface area contributed by atoms with Crippen LogP contribution in [0.25, 0.3) is 0 Å². The number of carbonyl (C=O) groups excluding carboxylic acids is 1. The van der Waals surface area contributed by atoms with E-state index in [1.54, 1.807) is 0 Å². The number of piperazine rings is 1. The smallest absolute Gasteiger partial charge is 0.277 e. The van der Waals surface area contributed by atoms with Crippen LogP contribution in [0.2, 0.25) is 5.02 Å². The fourth-order valence-electron chi connectivity index (χ4n) is 1.97. The molecular weight excluding hydrogens is 306 g/mol. The van der Waals surface area contributed by atoms with Gasteiger partial charge in [-0.3, -0.25) is 4.79 Å². The van der Waals surface area contributed by atoms with Crippen LogP contribution in [0, 0.1) is 0 Å². The minimum Gasteiger partial charge on any atom is -0.506 e. The largest absolute Gasteiger partial charge is 0.506 e. The molecule has 20 heavy (non-hydrogen) atoms. The minimum absolute atomic E-state index is 0.0951. The summed E-state index contributed by atoms with van der Waals surface area (Å²) in [6.07, 6.45) is 0. The first-order chi connectivity index (χ1) is 9.29. The number of carbonyl (C=O) groups is 1. The standard InChI is InChI=1S/C11H14ClN3O4S/c12-9-7-8(1-2-10(9)16)11(17)14-3-5-15(6-4-14)20(13,18)19/h1-2,7,16H,3-6H2,(H2,13,18,19). The lowest BCUT2D eigenvalue weighted by Crippen LogP contribution is -2.52. The lowest BCUT2D eigenvalue weighted by atomic mass is 10.2. The van der Waals surface area contributed by atoms with E-state index in [0.717, 1.165) is 4.31 Å². The number of halogens is 1. The van der Waals surface area contributed by atoms with Crippen molar-refractivity contribution in [3.8, 4) is 5.75 Å². The zero-order valence-corrected chi connectivity index (χ0v) is 12.1. The van der Waals surface area contributed by atoms with Crippen molar-refractivity contribution in [2.45, 2.75) is 0 Å². The number of amides is 1. The van der Waals surface area contributed by atoms with Crippen LogP contribution < -0.4 is 5.14 Å². The molecule has 1 fully saturated rings. The Bertz CT molecular complexity index is 627. The molecule has 0 radical (unpaired) electrons. The lowest BCUT2D eigenvalue weighted by molar-refractivity contribution is 0.0698. The fourth-order valence-corrected chi connectivity index (χ4v) is 2.82. The van der Waals surface area contributed by atoms with Crippen molar-refractivity contribution < 1.29 is 18.3 Å². The molecule has 1 saturated heterocycles. The summed E-state index contributed by atoms with van der Waals surface area (Å²) in [5.41, 5.74) is 0.344. The van der Waals surface area contributed by atoms with E-state index < -0.39 is 10.2 Å². The van der Waals surface area contributed by atoms with E-state index in [4.69, 9.17) is 16.7 Å². The summed E-state index contributed by atoms with van der Waals surface area (Å²) in [4.78, 5) is 13.7. The fraction of sp³-hybridized carbons (Fsp3) is 0.364. The maximum absolute atomic E-state index is 12.2. The molecule has 2 rings (SSSR count). The van der Waals surface area contributed by atoms with E-state index in [9.17, 15) is 18.3 Å². The van der Waals surface area contributed by atoms with Gasteiger partial charge in [-0.1, -0.05) is 11.6 Å². The topological polar surface area (TPSA) is 104 Å². The first kappa shape index (κ1) is 15.0. The van der Waals surface area contributed by atoms with Crippen molar-refractivity contribution in [1.29, 1.82) is 0 Å². The number of phenols is 1. The average Bonchev–Trinajstić information content (AvgIpc) is 2.40. The van der Waals surface area contributed by atoms with E-state index in [-0.39, 0.29) is 42.9 Å². The molecule has 1 aromatic carbocycles. The number of phenolic OH excluding ortho intramolecular Hbond substituents is 1. The van der Waals surface area contributed by atoms with Crippen LogP contribution in [0.15, 0.2) is 18.2 Å². The maximum Gasteiger partial charge on any atom is 0.277 e. The predicted molar refractivity (Wildman–Crippen MR) is 73.7 cm³/mol. The number of nitrogens with zero attached hydrogens (tertiary/aromatic N) is 2. The van der Waals surface area contributed by atoms with E-state index in [0.29, 0.717) is 5.56 Å². The molecule has 0 aliphatic carbocycles. The first-order valence-electron chi connectivity index (χ1n) is 5.84. The predicted octanol–water partition coefficient (Wildman–Crippen LogP) is 0.00690. The van der Waals surface area contributed by atoms with Crippen molar-refractivity contribution >= 4 is 27.7 Å². The summed E-state index contributed by atoms with van der Waals surface area (Å²) in [7, 11) is -3.71. The molecule has 0 unspecified atom stereocenters. The van der Waals surface area contributed by atoms with Gasteiger partial charge < -0.3 is 10.0 Å². The minimum atomic E-state index is -3.71. The molecule has 0 spiro atoms.